The molecule has 6 heteroatoms. The Kier molecular flexibility index (Phi) is 5.53. The van der Waals surface area contributed by atoms with Crippen LogP contribution in [-0.4, -0.2) is 11.1 Å². The summed E-state index contributed by atoms with van der Waals surface area (Å²) >= 11 is 0. The number of aryl methyl sites for hydroxylation is 2. The molecule has 136 valence electrons. The van der Waals surface area contributed by atoms with Gasteiger partial charge >= 0.3 is 5.97 Å². The lowest BCUT2D eigenvalue weighted by Gasteiger charge is -2.08. The van der Waals surface area contributed by atoms with Crippen molar-refractivity contribution in [2.45, 2.75) is 27.1 Å². The summed E-state index contributed by atoms with van der Waals surface area (Å²) in [6.07, 6.45) is 0. The molecule has 3 rings (SSSR count). The van der Waals surface area contributed by atoms with Crippen LogP contribution in [-0.2, 0) is 18.0 Å². The number of aromatic nitrogens is 1. The minimum Gasteiger partial charge on any atom is -0.489 e. The van der Waals surface area contributed by atoms with Gasteiger partial charge in [-0.1, -0.05) is 17.3 Å². The van der Waals surface area contributed by atoms with E-state index in [9.17, 15) is 4.79 Å². The Labute approximate surface area is 156 Å². The second-order valence-electron chi connectivity index (χ2n) is 6.00. The number of nitrogens with zero attached hydrogens (tertiary/aromatic N) is 2. The van der Waals surface area contributed by atoms with E-state index in [0.717, 1.165) is 22.6 Å². The molecule has 0 saturated carbocycles. The highest BCUT2D eigenvalue weighted by Crippen LogP contribution is 2.18. The normalized spacial score (nSPS) is 10.3. The Morgan fingerprint density at radius 2 is 1.93 bits per heavy atom. The number of carbonyl (C=O) groups is 1. The van der Waals surface area contributed by atoms with Gasteiger partial charge in [-0.05, 0) is 55.8 Å². The third-order valence-corrected chi connectivity index (χ3v) is 4.08. The number of hydrogen-bond acceptors (Lipinski definition) is 6. The summed E-state index contributed by atoms with van der Waals surface area (Å²) in [7, 11) is 0. The van der Waals surface area contributed by atoms with Gasteiger partial charge in [0.05, 0.1) is 28.5 Å². The number of carbonyl (C=O) groups excluding carboxylic acids is 1. The molecule has 0 aliphatic heterocycles. The standard InChI is InChI=1S/C21H18N2O4/c1-14-20(15(2)27-23-14)13-25-19-8-6-18(7-9-19)21(24)26-12-17-5-3-4-16(10-17)11-22/h3-10H,12-13H2,1-2H3. The zero-order valence-electron chi connectivity index (χ0n) is 15.1. The van der Waals surface area contributed by atoms with Crippen molar-refractivity contribution in [1.29, 1.82) is 5.26 Å². The quantitative estimate of drug-likeness (QED) is 0.614. The summed E-state index contributed by atoms with van der Waals surface area (Å²) in [4.78, 5) is 12.2. The first-order chi connectivity index (χ1) is 13.1. The van der Waals surface area contributed by atoms with Gasteiger partial charge in [0, 0.05) is 0 Å². The molecule has 0 unspecified atom stereocenters. The second kappa shape index (κ2) is 8.19. The molecule has 0 aliphatic carbocycles. The SMILES string of the molecule is Cc1noc(C)c1COc1ccc(C(=O)OCc2cccc(C#N)c2)cc1. The third-order valence-electron chi connectivity index (χ3n) is 4.08. The van der Waals surface area contributed by atoms with Gasteiger partial charge in [-0.25, -0.2) is 4.79 Å². The largest absolute Gasteiger partial charge is 0.489 e. The van der Waals surface area contributed by atoms with Crippen LogP contribution in [0, 0.1) is 25.2 Å². The fourth-order valence-electron chi connectivity index (χ4n) is 2.51. The van der Waals surface area contributed by atoms with Gasteiger partial charge in [-0.2, -0.15) is 5.26 Å². The Morgan fingerprint density at radius 3 is 2.59 bits per heavy atom. The topological polar surface area (TPSA) is 85.3 Å². The number of rotatable bonds is 6. The molecule has 0 spiro atoms. The van der Waals surface area contributed by atoms with E-state index in [1.807, 2.05) is 13.8 Å². The molecular formula is C21H18N2O4. The molecule has 1 heterocycles. The van der Waals surface area contributed by atoms with Gasteiger partial charge in [-0.3, -0.25) is 0 Å². The highest BCUT2D eigenvalue weighted by molar-refractivity contribution is 5.89. The average Bonchev–Trinajstić information content (AvgIpc) is 3.02. The van der Waals surface area contributed by atoms with Crippen LogP contribution in [0.15, 0.2) is 53.1 Å². The maximum atomic E-state index is 12.2. The van der Waals surface area contributed by atoms with Gasteiger partial charge in [0.25, 0.3) is 0 Å². The van der Waals surface area contributed by atoms with Crippen molar-refractivity contribution in [3.63, 3.8) is 0 Å². The van der Waals surface area contributed by atoms with E-state index in [0.29, 0.717) is 23.5 Å². The third kappa shape index (κ3) is 4.53. The minimum atomic E-state index is -0.436. The first-order valence-corrected chi connectivity index (χ1v) is 8.37. The highest BCUT2D eigenvalue weighted by Gasteiger charge is 2.11. The van der Waals surface area contributed by atoms with Gasteiger partial charge in [-0.15, -0.1) is 0 Å². The van der Waals surface area contributed by atoms with Crippen LogP contribution >= 0.6 is 0 Å². The molecular weight excluding hydrogens is 344 g/mol. The maximum absolute atomic E-state index is 12.2. The fourth-order valence-corrected chi connectivity index (χ4v) is 2.51. The molecule has 0 bridgehead atoms. The molecule has 0 fully saturated rings. The number of ether oxygens (including phenoxy) is 2. The van der Waals surface area contributed by atoms with E-state index in [1.165, 1.54) is 0 Å². The first-order valence-electron chi connectivity index (χ1n) is 8.37. The molecule has 2 aromatic carbocycles. The Balaban J connectivity index is 1.56. The zero-order valence-corrected chi connectivity index (χ0v) is 15.1. The lowest BCUT2D eigenvalue weighted by molar-refractivity contribution is 0.0472. The number of nitriles is 1. The van der Waals surface area contributed by atoms with Crippen molar-refractivity contribution in [2.75, 3.05) is 0 Å². The molecule has 0 atom stereocenters. The molecule has 1 aromatic heterocycles. The van der Waals surface area contributed by atoms with Crippen LogP contribution in [0.2, 0.25) is 0 Å². The second-order valence-corrected chi connectivity index (χ2v) is 6.00. The molecule has 0 saturated heterocycles. The lowest BCUT2D eigenvalue weighted by Crippen LogP contribution is -2.05. The summed E-state index contributed by atoms with van der Waals surface area (Å²) in [5, 5.41) is 12.8. The molecule has 0 aliphatic rings. The molecule has 0 amide bonds. The van der Waals surface area contributed by atoms with Crippen LogP contribution in [0.4, 0.5) is 0 Å². The van der Waals surface area contributed by atoms with E-state index < -0.39 is 5.97 Å². The van der Waals surface area contributed by atoms with Crippen LogP contribution in [0.1, 0.15) is 38.5 Å². The van der Waals surface area contributed by atoms with Crippen LogP contribution in [0.5, 0.6) is 5.75 Å². The van der Waals surface area contributed by atoms with E-state index in [4.69, 9.17) is 19.3 Å². The first kappa shape index (κ1) is 18.2. The zero-order chi connectivity index (χ0) is 19.2. The lowest BCUT2D eigenvalue weighted by atomic mass is 10.1. The predicted molar refractivity (Wildman–Crippen MR) is 97.0 cm³/mol. The fraction of sp³-hybridized carbons (Fsp3) is 0.190. The van der Waals surface area contributed by atoms with Crippen molar-refractivity contribution >= 4 is 5.97 Å². The molecule has 3 aromatic rings. The Bertz CT molecular complexity index is 965. The van der Waals surface area contributed by atoms with E-state index >= 15 is 0 Å². The average molecular weight is 362 g/mol. The molecule has 0 N–H and O–H groups in total. The van der Waals surface area contributed by atoms with Crippen LogP contribution in [0.3, 0.4) is 0 Å². The summed E-state index contributed by atoms with van der Waals surface area (Å²) in [6, 6.07) is 15.7. The maximum Gasteiger partial charge on any atom is 0.338 e. The van der Waals surface area contributed by atoms with Crippen molar-refractivity contribution in [3.8, 4) is 11.8 Å². The van der Waals surface area contributed by atoms with Crippen LogP contribution in [0.25, 0.3) is 0 Å². The van der Waals surface area contributed by atoms with Gasteiger partial charge in [0.1, 0.15) is 24.7 Å². The minimum absolute atomic E-state index is 0.110. The van der Waals surface area contributed by atoms with Crippen molar-refractivity contribution in [2.24, 2.45) is 0 Å². The smallest absolute Gasteiger partial charge is 0.338 e. The van der Waals surface area contributed by atoms with Crippen molar-refractivity contribution in [3.05, 3.63) is 82.2 Å². The van der Waals surface area contributed by atoms with E-state index in [1.54, 1.807) is 48.5 Å². The van der Waals surface area contributed by atoms with Crippen molar-refractivity contribution in [1.82, 2.24) is 5.16 Å². The molecule has 0 radical (unpaired) electrons. The van der Waals surface area contributed by atoms with Crippen molar-refractivity contribution < 1.29 is 18.8 Å². The number of esters is 1. The summed E-state index contributed by atoms with van der Waals surface area (Å²) in [6.45, 7) is 4.16. The monoisotopic (exact) mass is 362 g/mol. The van der Waals surface area contributed by atoms with E-state index in [2.05, 4.69) is 11.2 Å². The highest BCUT2D eigenvalue weighted by atomic mass is 16.5. The van der Waals surface area contributed by atoms with Gasteiger partial charge in [0.2, 0.25) is 0 Å². The molecule has 6 nitrogen and oxygen atoms in total. The Hall–Kier alpha value is -3.59. The predicted octanol–water partition coefficient (Wildman–Crippen LogP) is 4.10. The van der Waals surface area contributed by atoms with E-state index in [-0.39, 0.29) is 6.61 Å². The number of hydrogen-bond donors (Lipinski definition) is 0. The van der Waals surface area contributed by atoms with Gasteiger partial charge < -0.3 is 14.0 Å². The Morgan fingerprint density at radius 1 is 1.15 bits per heavy atom. The molecule has 27 heavy (non-hydrogen) atoms. The summed E-state index contributed by atoms with van der Waals surface area (Å²) in [5.74, 6) is 0.927. The van der Waals surface area contributed by atoms with Gasteiger partial charge in [0.15, 0.2) is 0 Å². The van der Waals surface area contributed by atoms with Crippen LogP contribution < -0.4 is 4.74 Å². The number of benzene rings is 2. The summed E-state index contributed by atoms with van der Waals surface area (Å²) < 4.78 is 16.1. The summed E-state index contributed by atoms with van der Waals surface area (Å²) in [5.41, 5.74) is 3.44.